The van der Waals surface area contributed by atoms with Gasteiger partial charge < -0.3 is 14.2 Å². The second-order valence-electron chi connectivity index (χ2n) is 6.48. The molecule has 0 aliphatic carbocycles. The summed E-state index contributed by atoms with van der Waals surface area (Å²) in [6.07, 6.45) is 1.74. The molecule has 2 heterocycles. The van der Waals surface area contributed by atoms with Crippen molar-refractivity contribution in [2.45, 2.75) is 38.1 Å². The van der Waals surface area contributed by atoms with Gasteiger partial charge in [0.2, 0.25) is 5.90 Å². The molecule has 2 aliphatic rings. The van der Waals surface area contributed by atoms with E-state index in [0.717, 1.165) is 18.4 Å². The van der Waals surface area contributed by atoms with Gasteiger partial charge in [-0.05, 0) is 44.2 Å². The van der Waals surface area contributed by atoms with Crippen LogP contribution in [0.4, 0.5) is 4.39 Å². The average Bonchev–Trinajstić information content (AvgIpc) is 2.87. The lowest BCUT2D eigenvalue weighted by Gasteiger charge is -2.25. The smallest absolute Gasteiger partial charge is 0.220 e. The first-order chi connectivity index (χ1) is 10.5. The van der Waals surface area contributed by atoms with E-state index >= 15 is 0 Å². The number of methoxy groups -OCH3 is 1. The zero-order valence-corrected chi connectivity index (χ0v) is 13.3. The molecule has 1 aromatic carbocycles. The first-order valence-corrected chi connectivity index (χ1v) is 7.68. The first kappa shape index (κ1) is 15.3. The summed E-state index contributed by atoms with van der Waals surface area (Å²) in [6.45, 7) is 5.83. The molecule has 0 bridgehead atoms. The highest BCUT2D eigenvalue weighted by molar-refractivity contribution is 5.97. The largest absolute Gasteiger partial charge is 0.497 e. The van der Waals surface area contributed by atoms with Crippen molar-refractivity contribution in [2.24, 2.45) is 4.99 Å². The Bertz CT molecular complexity index is 592. The van der Waals surface area contributed by atoms with Crippen molar-refractivity contribution in [3.8, 4) is 5.75 Å². The molecule has 0 atom stereocenters. The number of halogens is 1. The number of ether oxygens (including phenoxy) is 3. The van der Waals surface area contributed by atoms with Crippen LogP contribution in [-0.4, -0.2) is 38.4 Å². The van der Waals surface area contributed by atoms with Gasteiger partial charge in [0, 0.05) is 19.3 Å². The third-order valence-electron chi connectivity index (χ3n) is 4.17. The van der Waals surface area contributed by atoms with Gasteiger partial charge in [-0.1, -0.05) is 0 Å². The van der Waals surface area contributed by atoms with Gasteiger partial charge in [0.05, 0.1) is 18.2 Å². The molecule has 1 fully saturated rings. The second kappa shape index (κ2) is 5.88. The molecular formula is C17H22FNO3. The number of hydrogen-bond acceptors (Lipinski definition) is 4. The molecule has 3 rings (SSSR count). The zero-order chi connectivity index (χ0) is 15.7. The first-order valence-electron chi connectivity index (χ1n) is 7.68. The third-order valence-corrected chi connectivity index (χ3v) is 4.17. The van der Waals surface area contributed by atoms with E-state index in [1.807, 2.05) is 19.9 Å². The van der Waals surface area contributed by atoms with Crippen LogP contribution in [0.15, 0.2) is 17.1 Å². The summed E-state index contributed by atoms with van der Waals surface area (Å²) in [4.78, 5) is 4.54. The predicted octanol–water partition coefficient (Wildman–Crippen LogP) is 3.28. The predicted molar refractivity (Wildman–Crippen MR) is 82.3 cm³/mol. The highest BCUT2D eigenvalue weighted by Gasteiger charge is 2.32. The monoisotopic (exact) mass is 307 g/mol. The Balaban J connectivity index is 2.07. The van der Waals surface area contributed by atoms with Crippen molar-refractivity contribution >= 4 is 5.90 Å². The molecule has 0 radical (unpaired) electrons. The minimum atomic E-state index is -0.336. The maximum atomic E-state index is 14.7. The molecule has 0 spiro atoms. The lowest BCUT2D eigenvalue weighted by molar-refractivity contribution is 0.0851. The molecule has 120 valence electrons. The SMILES string of the molecule is COc1cc(F)c(C2=NC(C)(C)CO2)c(C2CCOCC2)c1. The number of nitrogens with zero attached hydrogens (tertiary/aromatic N) is 1. The lowest BCUT2D eigenvalue weighted by Crippen LogP contribution is -2.18. The number of benzene rings is 1. The Hall–Kier alpha value is -1.62. The molecule has 22 heavy (non-hydrogen) atoms. The van der Waals surface area contributed by atoms with E-state index in [1.54, 1.807) is 7.11 Å². The topological polar surface area (TPSA) is 40.0 Å². The van der Waals surface area contributed by atoms with E-state index in [4.69, 9.17) is 14.2 Å². The summed E-state index contributed by atoms with van der Waals surface area (Å²) >= 11 is 0. The Morgan fingerprint density at radius 2 is 2.00 bits per heavy atom. The minimum Gasteiger partial charge on any atom is -0.497 e. The van der Waals surface area contributed by atoms with Crippen molar-refractivity contribution in [1.29, 1.82) is 0 Å². The molecule has 1 aromatic rings. The van der Waals surface area contributed by atoms with Crippen LogP contribution in [0, 0.1) is 5.82 Å². The van der Waals surface area contributed by atoms with Crippen molar-refractivity contribution < 1.29 is 18.6 Å². The van der Waals surface area contributed by atoms with Crippen LogP contribution in [0.3, 0.4) is 0 Å². The standard InChI is InChI=1S/C17H22FNO3/c1-17(2)10-22-16(19-17)15-13(11-4-6-21-7-5-11)8-12(20-3)9-14(15)18/h8-9,11H,4-7,10H2,1-3H3. The van der Waals surface area contributed by atoms with Gasteiger partial charge in [0.25, 0.3) is 0 Å². The van der Waals surface area contributed by atoms with E-state index in [0.29, 0.717) is 37.0 Å². The quantitative estimate of drug-likeness (QED) is 0.860. The number of aliphatic imine (C=N–C) groups is 1. The van der Waals surface area contributed by atoms with Gasteiger partial charge in [-0.3, -0.25) is 0 Å². The molecule has 4 nitrogen and oxygen atoms in total. The second-order valence-corrected chi connectivity index (χ2v) is 6.48. The van der Waals surface area contributed by atoms with Crippen molar-refractivity contribution in [2.75, 3.05) is 26.9 Å². The minimum absolute atomic E-state index is 0.239. The molecule has 0 unspecified atom stereocenters. The van der Waals surface area contributed by atoms with Crippen LogP contribution in [0.5, 0.6) is 5.75 Å². The fourth-order valence-electron chi connectivity index (χ4n) is 2.99. The molecule has 5 heteroatoms. The summed E-state index contributed by atoms with van der Waals surface area (Å²) in [5.74, 6) is 0.841. The van der Waals surface area contributed by atoms with Gasteiger partial charge in [-0.15, -0.1) is 0 Å². The molecule has 0 N–H and O–H groups in total. The summed E-state index contributed by atoms with van der Waals surface area (Å²) in [7, 11) is 1.55. The lowest BCUT2D eigenvalue weighted by atomic mass is 9.87. The average molecular weight is 307 g/mol. The molecule has 1 saturated heterocycles. The Morgan fingerprint density at radius 1 is 1.27 bits per heavy atom. The van der Waals surface area contributed by atoms with Gasteiger partial charge in [0.1, 0.15) is 18.2 Å². The third kappa shape index (κ3) is 2.95. The Labute approximate surface area is 130 Å². The van der Waals surface area contributed by atoms with Crippen LogP contribution in [-0.2, 0) is 9.47 Å². The van der Waals surface area contributed by atoms with Crippen molar-refractivity contribution in [3.05, 3.63) is 29.1 Å². The summed E-state index contributed by atoms with van der Waals surface area (Å²) in [5.41, 5.74) is 1.09. The van der Waals surface area contributed by atoms with E-state index in [1.165, 1.54) is 6.07 Å². The van der Waals surface area contributed by atoms with Gasteiger partial charge in [-0.25, -0.2) is 9.38 Å². The highest BCUT2D eigenvalue weighted by Crippen LogP contribution is 2.35. The van der Waals surface area contributed by atoms with Crippen molar-refractivity contribution in [1.82, 2.24) is 0 Å². The molecule has 0 aromatic heterocycles. The normalized spacial score (nSPS) is 21.4. The molecular weight excluding hydrogens is 285 g/mol. The fourth-order valence-corrected chi connectivity index (χ4v) is 2.99. The fraction of sp³-hybridized carbons (Fsp3) is 0.588. The molecule has 0 amide bonds. The molecule has 0 saturated carbocycles. The van der Waals surface area contributed by atoms with Crippen LogP contribution < -0.4 is 4.74 Å². The van der Waals surface area contributed by atoms with Gasteiger partial charge >= 0.3 is 0 Å². The summed E-state index contributed by atoms with van der Waals surface area (Å²) in [6, 6.07) is 3.31. The van der Waals surface area contributed by atoms with Crippen LogP contribution >= 0.6 is 0 Å². The van der Waals surface area contributed by atoms with Crippen LogP contribution in [0.25, 0.3) is 0 Å². The molecule has 2 aliphatic heterocycles. The van der Waals surface area contributed by atoms with E-state index in [2.05, 4.69) is 4.99 Å². The number of hydrogen-bond donors (Lipinski definition) is 0. The summed E-state index contributed by atoms with van der Waals surface area (Å²) in [5, 5.41) is 0. The van der Waals surface area contributed by atoms with E-state index in [-0.39, 0.29) is 17.3 Å². The maximum absolute atomic E-state index is 14.7. The van der Waals surface area contributed by atoms with E-state index < -0.39 is 0 Å². The Morgan fingerprint density at radius 3 is 2.59 bits per heavy atom. The highest BCUT2D eigenvalue weighted by atomic mass is 19.1. The maximum Gasteiger partial charge on any atom is 0.220 e. The number of rotatable bonds is 3. The van der Waals surface area contributed by atoms with Gasteiger partial charge in [0.15, 0.2) is 0 Å². The van der Waals surface area contributed by atoms with E-state index in [9.17, 15) is 4.39 Å². The Kier molecular flexibility index (Phi) is 4.08. The van der Waals surface area contributed by atoms with Crippen molar-refractivity contribution in [3.63, 3.8) is 0 Å². The van der Waals surface area contributed by atoms with Gasteiger partial charge in [-0.2, -0.15) is 0 Å². The van der Waals surface area contributed by atoms with Crippen LogP contribution in [0.1, 0.15) is 43.7 Å². The zero-order valence-electron chi connectivity index (χ0n) is 13.3. The summed E-state index contributed by atoms with van der Waals surface area (Å²) < 4.78 is 31.0. The van der Waals surface area contributed by atoms with Crippen LogP contribution in [0.2, 0.25) is 0 Å².